The lowest BCUT2D eigenvalue weighted by Crippen LogP contribution is -2.61. The third-order valence-corrected chi connectivity index (χ3v) is 5.86. The molecule has 1 N–H and O–H groups in total. The lowest BCUT2D eigenvalue weighted by Gasteiger charge is -2.46. The molecule has 1 rings (SSSR count). The second-order valence-electron chi connectivity index (χ2n) is 8.88. The lowest BCUT2D eigenvalue weighted by molar-refractivity contribution is -0.240. The van der Waals surface area contributed by atoms with Gasteiger partial charge in [-0.15, -0.1) is 0 Å². The maximum absolute atomic E-state index is 10.3. The maximum Gasteiger partial charge on any atom is 0.184 e. The molecule has 0 aromatic carbocycles. The number of rotatable bonds is 6. The number of hydrogen-bond donors (Lipinski definition) is 1. The molecule has 0 saturated carbocycles. The molecule has 22 heavy (non-hydrogen) atoms. The smallest absolute Gasteiger partial charge is 0.184 e. The summed E-state index contributed by atoms with van der Waals surface area (Å²) in [7, 11) is -5.39. The van der Waals surface area contributed by atoms with Crippen molar-refractivity contribution < 1.29 is 23.1 Å². The first-order valence-corrected chi connectivity index (χ1v) is 18.2. The Labute approximate surface area is 138 Å². The Balaban J connectivity index is 3.01. The molecule has 1 aliphatic heterocycles. The minimum Gasteiger partial charge on any atom is -0.410 e. The molecule has 0 radical (unpaired) electrons. The van der Waals surface area contributed by atoms with Crippen molar-refractivity contribution in [1.82, 2.24) is 0 Å². The summed E-state index contributed by atoms with van der Waals surface area (Å²) >= 11 is 0. The molecule has 132 valence electrons. The largest absolute Gasteiger partial charge is 0.410 e. The van der Waals surface area contributed by atoms with Gasteiger partial charge in [-0.05, 0) is 58.9 Å². The van der Waals surface area contributed by atoms with Crippen LogP contribution >= 0.6 is 0 Å². The fourth-order valence-electron chi connectivity index (χ4n) is 2.40. The summed E-state index contributed by atoms with van der Waals surface area (Å²) in [6.07, 6.45) is -1.87. The molecule has 0 spiro atoms. The van der Waals surface area contributed by atoms with E-state index in [1.165, 1.54) is 0 Å². The van der Waals surface area contributed by atoms with Crippen LogP contribution in [0.3, 0.4) is 0 Å². The number of aliphatic hydroxyl groups is 1. The van der Waals surface area contributed by atoms with Gasteiger partial charge in [0.25, 0.3) is 0 Å². The standard InChI is InChI=1S/C14H34O5Si3/c1-20(2,3)17-11-10-16-14(15)13(19-22(7,8)9)12(11)18-21(4,5)6/h11-15H,10H2,1-9H3/t11-,12-,13-,14+/m1/s1. The Bertz CT molecular complexity index is 359. The van der Waals surface area contributed by atoms with Crippen LogP contribution in [0.15, 0.2) is 0 Å². The zero-order valence-electron chi connectivity index (χ0n) is 15.6. The molecule has 5 nitrogen and oxygen atoms in total. The van der Waals surface area contributed by atoms with Crippen molar-refractivity contribution >= 4 is 25.0 Å². The average Bonchev–Trinajstić information content (AvgIpc) is 2.22. The van der Waals surface area contributed by atoms with E-state index in [2.05, 4.69) is 58.9 Å². The fraction of sp³-hybridized carbons (Fsp3) is 1.00. The van der Waals surface area contributed by atoms with Crippen molar-refractivity contribution in [3.63, 3.8) is 0 Å². The molecule has 0 bridgehead atoms. The number of aliphatic hydroxyl groups excluding tert-OH is 1. The second-order valence-corrected chi connectivity index (χ2v) is 22.3. The Hall–Kier alpha value is 0.451. The third-order valence-electron chi connectivity index (χ3n) is 2.89. The molecular weight excluding hydrogens is 332 g/mol. The molecule has 0 unspecified atom stereocenters. The van der Waals surface area contributed by atoms with E-state index in [0.717, 1.165) is 0 Å². The van der Waals surface area contributed by atoms with Gasteiger partial charge in [0.15, 0.2) is 31.2 Å². The minimum atomic E-state index is -1.84. The van der Waals surface area contributed by atoms with E-state index in [9.17, 15) is 5.11 Å². The predicted octanol–water partition coefficient (Wildman–Crippen LogP) is 3.00. The molecule has 0 aromatic heterocycles. The summed E-state index contributed by atoms with van der Waals surface area (Å²) in [6, 6.07) is 0. The van der Waals surface area contributed by atoms with Crippen LogP contribution in [0, 0.1) is 0 Å². The van der Waals surface area contributed by atoms with Gasteiger partial charge in [0.05, 0.1) is 12.7 Å². The van der Waals surface area contributed by atoms with Crippen molar-refractivity contribution in [2.45, 2.75) is 83.5 Å². The van der Waals surface area contributed by atoms with Crippen molar-refractivity contribution in [3.8, 4) is 0 Å². The van der Waals surface area contributed by atoms with Crippen LogP contribution in [0.1, 0.15) is 0 Å². The molecule has 1 saturated heterocycles. The van der Waals surface area contributed by atoms with Crippen molar-refractivity contribution in [3.05, 3.63) is 0 Å². The number of ether oxygens (including phenoxy) is 1. The van der Waals surface area contributed by atoms with Crippen LogP contribution in [0.4, 0.5) is 0 Å². The fourth-order valence-corrected chi connectivity index (χ4v) is 5.68. The van der Waals surface area contributed by atoms with Crippen LogP contribution in [0.2, 0.25) is 58.9 Å². The molecule has 1 fully saturated rings. The van der Waals surface area contributed by atoms with E-state index in [1.807, 2.05) is 0 Å². The maximum atomic E-state index is 10.3. The van der Waals surface area contributed by atoms with Crippen molar-refractivity contribution in [2.75, 3.05) is 6.61 Å². The molecule has 1 heterocycles. The van der Waals surface area contributed by atoms with E-state index < -0.39 is 37.3 Å². The highest BCUT2D eigenvalue weighted by molar-refractivity contribution is 6.70. The van der Waals surface area contributed by atoms with Gasteiger partial charge in [-0.25, -0.2) is 0 Å². The highest BCUT2D eigenvalue weighted by Crippen LogP contribution is 2.29. The minimum absolute atomic E-state index is 0.178. The highest BCUT2D eigenvalue weighted by Gasteiger charge is 2.46. The Morgan fingerprint density at radius 3 is 1.55 bits per heavy atom. The van der Waals surface area contributed by atoms with E-state index >= 15 is 0 Å². The monoisotopic (exact) mass is 366 g/mol. The molecule has 1 aliphatic rings. The summed E-state index contributed by atoms with van der Waals surface area (Å²) in [5.74, 6) is 0. The first-order valence-electron chi connectivity index (χ1n) is 8.01. The third kappa shape index (κ3) is 7.35. The van der Waals surface area contributed by atoms with Gasteiger partial charge in [0, 0.05) is 0 Å². The van der Waals surface area contributed by atoms with Crippen molar-refractivity contribution in [2.24, 2.45) is 0 Å². The van der Waals surface area contributed by atoms with E-state index in [1.54, 1.807) is 0 Å². The Kier molecular flexibility index (Phi) is 6.65. The van der Waals surface area contributed by atoms with Crippen LogP contribution in [0.25, 0.3) is 0 Å². The predicted molar refractivity (Wildman–Crippen MR) is 96.6 cm³/mol. The Morgan fingerprint density at radius 1 is 0.727 bits per heavy atom. The van der Waals surface area contributed by atoms with Crippen LogP contribution < -0.4 is 0 Å². The SMILES string of the molecule is C[Si](C)(C)O[C@@H]1[C@H](O[Si](C)(C)C)[C@H](O[Si](C)(C)C)CO[C@@H]1O. The summed E-state index contributed by atoms with van der Waals surface area (Å²) in [4.78, 5) is 0. The Morgan fingerprint density at radius 2 is 1.14 bits per heavy atom. The average molecular weight is 367 g/mol. The summed E-state index contributed by atoms with van der Waals surface area (Å²) in [5.41, 5.74) is 0. The molecular formula is C14H34O5Si3. The van der Waals surface area contributed by atoms with E-state index in [-0.39, 0.29) is 12.2 Å². The quantitative estimate of drug-likeness (QED) is 0.732. The van der Waals surface area contributed by atoms with Gasteiger partial charge in [0.2, 0.25) is 0 Å². The highest BCUT2D eigenvalue weighted by atomic mass is 28.4. The summed E-state index contributed by atoms with van der Waals surface area (Å²) in [6.45, 7) is 19.6. The molecule has 8 heteroatoms. The first-order chi connectivity index (χ1) is 9.68. The van der Waals surface area contributed by atoms with Crippen LogP contribution in [-0.4, -0.2) is 61.3 Å². The van der Waals surface area contributed by atoms with Gasteiger partial charge < -0.3 is 23.1 Å². The molecule has 4 atom stereocenters. The van der Waals surface area contributed by atoms with Gasteiger partial charge in [-0.1, -0.05) is 0 Å². The first kappa shape index (κ1) is 20.5. The number of hydrogen-bond acceptors (Lipinski definition) is 5. The van der Waals surface area contributed by atoms with E-state index in [0.29, 0.717) is 6.61 Å². The lowest BCUT2D eigenvalue weighted by atomic mass is 10.1. The zero-order valence-corrected chi connectivity index (χ0v) is 18.6. The van der Waals surface area contributed by atoms with Crippen LogP contribution in [0.5, 0.6) is 0 Å². The summed E-state index contributed by atoms with van der Waals surface area (Å²) in [5, 5.41) is 10.3. The van der Waals surface area contributed by atoms with E-state index in [4.69, 9.17) is 18.0 Å². The van der Waals surface area contributed by atoms with Crippen LogP contribution in [-0.2, 0) is 18.0 Å². The molecule has 0 aromatic rings. The summed E-state index contributed by atoms with van der Waals surface area (Å²) < 4.78 is 24.3. The van der Waals surface area contributed by atoms with Gasteiger partial charge in [-0.2, -0.15) is 0 Å². The molecule has 0 amide bonds. The topological polar surface area (TPSA) is 57.2 Å². The van der Waals surface area contributed by atoms with Gasteiger partial charge in [0.1, 0.15) is 12.2 Å². The van der Waals surface area contributed by atoms with Crippen molar-refractivity contribution in [1.29, 1.82) is 0 Å². The van der Waals surface area contributed by atoms with Gasteiger partial charge in [-0.3, -0.25) is 0 Å². The van der Waals surface area contributed by atoms with Gasteiger partial charge >= 0.3 is 0 Å². The normalized spacial score (nSPS) is 31.4. The second kappa shape index (κ2) is 7.14. The molecule has 0 aliphatic carbocycles. The zero-order chi connectivity index (χ0) is 17.3.